The lowest BCUT2D eigenvalue weighted by Crippen LogP contribution is -2.33. The second kappa shape index (κ2) is 5.46. The maximum atomic E-state index is 12.0. The van der Waals surface area contributed by atoms with Crippen LogP contribution in [-0.2, 0) is 9.84 Å². The smallest absolute Gasteiger partial charge is 0.178 e. The monoisotopic (exact) mass is 297 g/mol. The highest BCUT2D eigenvalue weighted by Gasteiger charge is 2.30. The van der Waals surface area contributed by atoms with Crippen LogP contribution < -0.4 is 5.32 Å². The van der Waals surface area contributed by atoms with Crippen LogP contribution in [0.3, 0.4) is 0 Å². The summed E-state index contributed by atoms with van der Waals surface area (Å²) in [5.74, 6) is 1.53. The Morgan fingerprint density at radius 1 is 1.26 bits per heavy atom. The summed E-state index contributed by atoms with van der Waals surface area (Å²) in [4.78, 5) is 0.526. The lowest BCUT2D eigenvalue weighted by Gasteiger charge is -2.27. The number of hydrogen-bond donors (Lipinski definition) is 1. The molecule has 3 rings (SSSR count). The maximum Gasteiger partial charge on any atom is 0.178 e. The van der Waals surface area contributed by atoms with Crippen LogP contribution in [0.25, 0.3) is 0 Å². The average molecular weight is 297 g/mol. The summed E-state index contributed by atoms with van der Waals surface area (Å²) in [5.41, 5.74) is 0.955. The van der Waals surface area contributed by atoms with Crippen molar-refractivity contribution in [2.75, 3.05) is 18.1 Å². The molecule has 0 aromatic heterocycles. The van der Waals surface area contributed by atoms with E-state index in [0.717, 1.165) is 12.1 Å². The van der Waals surface area contributed by atoms with Gasteiger partial charge in [-0.05, 0) is 36.6 Å². The van der Waals surface area contributed by atoms with Gasteiger partial charge < -0.3 is 5.32 Å². The fourth-order valence-electron chi connectivity index (χ4n) is 2.88. The zero-order chi connectivity index (χ0) is 13.3. The van der Waals surface area contributed by atoms with Crippen molar-refractivity contribution >= 4 is 21.6 Å². The summed E-state index contributed by atoms with van der Waals surface area (Å²) in [6, 6.07) is 7.62. The molecule has 0 bridgehead atoms. The van der Waals surface area contributed by atoms with Crippen LogP contribution in [0.2, 0.25) is 0 Å². The van der Waals surface area contributed by atoms with E-state index in [2.05, 4.69) is 5.32 Å². The van der Waals surface area contributed by atoms with Gasteiger partial charge in [-0.2, -0.15) is 11.8 Å². The van der Waals surface area contributed by atoms with E-state index in [1.54, 1.807) is 6.07 Å². The average Bonchev–Trinajstić information content (AvgIpc) is 2.91. The van der Waals surface area contributed by atoms with Gasteiger partial charge >= 0.3 is 0 Å². The Kier molecular flexibility index (Phi) is 3.87. The van der Waals surface area contributed by atoms with E-state index in [1.165, 1.54) is 18.6 Å². The Morgan fingerprint density at radius 3 is 2.89 bits per heavy atom. The molecule has 0 spiro atoms. The Bertz CT molecular complexity index is 550. The molecule has 2 atom stereocenters. The second-order valence-electron chi connectivity index (χ2n) is 5.24. The van der Waals surface area contributed by atoms with E-state index >= 15 is 0 Å². The van der Waals surface area contributed by atoms with E-state index in [9.17, 15) is 8.42 Å². The van der Waals surface area contributed by atoms with E-state index < -0.39 is 9.84 Å². The minimum Gasteiger partial charge on any atom is -0.309 e. The molecule has 1 saturated heterocycles. The zero-order valence-electron chi connectivity index (χ0n) is 10.8. The highest BCUT2D eigenvalue weighted by Crippen LogP contribution is 2.33. The molecule has 2 aliphatic rings. The topological polar surface area (TPSA) is 46.2 Å². The van der Waals surface area contributed by atoms with Gasteiger partial charge in [-0.3, -0.25) is 0 Å². The molecule has 0 radical (unpaired) electrons. The molecule has 1 fully saturated rings. The summed E-state index contributed by atoms with van der Waals surface area (Å²) in [5, 5.41) is 4.27. The quantitative estimate of drug-likeness (QED) is 0.930. The molecule has 0 amide bonds. The van der Waals surface area contributed by atoms with Crippen LogP contribution >= 0.6 is 11.8 Å². The first kappa shape index (κ1) is 13.5. The molecule has 2 aliphatic heterocycles. The number of fused-ring (bicyclic) bond motifs is 1. The molecule has 1 aromatic carbocycles. The van der Waals surface area contributed by atoms with Gasteiger partial charge in [0.15, 0.2) is 9.84 Å². The van der Waals surface area contributed by atoms with Crippen molar-refractivity contribution in [3.63, 3.8) is 0 Å². The molecule has 0 saturated carbocycles. The minimum atomic E-state index is -3.06. The molecule has 3 nitrogen and oxygen atoms in total. The van der Waals surface area contributed by atoms with Crippen molar-refractivity contribution in [3.05, 3.63) is 29.8 Å². The standard InChI is InChI=1S/C14H19NO2S2/c16-19(17)9-7-13(12-5-1-2-6-14(12)19)15-10-11-4-3-8-18-11/h1-2,5-6,11,13,15H,3-4,7-10H2. The van der Waals surface area contributed by atoms with E-state index in [-0.39, 0.29) is 11.8 Å². The third kappa shape index (κ3) is 2.83. The van der Waals surface area contributed by atoms with Gasteiger partial charge in [0.25, 0.3) is 0 Å². The molecule has 1 N–H and O–H groups in total. The molecule has 2 heterocycles. The Hall–Kier alpha value is -0.520. The predicted molar refractivity (Wildman–Crippen MR) is 79.3 cm³/mol. The largest absolute Gasteiger partial charge is 0.309 e. The number of hydrogen-bond acceptors (Lipinski definition) is 4. The molecular weight excluding hydrogens is 278 g/mol. The Labute approximate surface area is 119 Å². The first-order chi connectivity index (χ1) is 9.17. The number of nitrogens with one attached hydrogen (secondary N) is 1. The van der Waals surface area contributed by atoms with E-state index in [1.807, 2.05) is 30.0 Å². The van der Waals surface area contributed by atoms with Gasteiger partial charge in [0.1, 0.15) is 0 Å². The lowest BCUT2D eigenvalue weighted by atomic mass is 10.0. The third-order valence-corrected chi connectivity index (χ3v) is 7.13. The van der Waals surface area contributed by atoms with Gasteiger partial charge in [-0.1, -0.05) is 18.2 Å². The summed E-state index contributed by atoms with van der Waals surface area (Å²) in [6.45, 7) is 0.990. The van der Waals surface area contributed by atoms with Crippen molar-refractivity contribution in [1.29, 1.82) is 0 Å². The van der Waals surface area contributed by atoms with Gasteiger partial charge in [-0.25, -0.2) is 8.42 Å². The van der Waals surface area contributed by atoms with Crippen molar-refractivity contribution in [1.82, 2.24) is 5.32 Å². The van der Waals surface area contributed by atoms with Crippen LogP contribution in [0, 0.1) is 0 Å². The summed E-state index contributed by atoms with van der Waals surface area (Å²) in [6.07, 6.45) is 3.29. The fraction of sp³-hybridized carbons (Fsp3) is 0.571. The number of thioether (sulfide) groups is 1. The summed E-state index contributed by atoms with van der Waals surface area (Å²) in [7, 11) is -3.06. The first-order valence-corrected chi connectivity index (χ1v) is 9.53. The number of rotatable bonds is 3. The van der Waals surface area contributed by atoms with Crippen molar-refractivity contribution in [2.24, 2.45) is 0 Å². The van der Waals surface area contributed by atoms with Crippen LogP contribution in [0.5, 0.6) is 0 Å². The fourth-order valence-corrected chi connectivity index (χ4v) is 5.72. The SMILES string of the molecule is O=S1(=O)CCC(NCC2CCCS2)c2ccccc21. The Balaban J connectivity index is 1.76. The first-order valence-electron chi connectivity index (χ1n) is 6.83. The molecule has 104 valence electrons. The van der Waals surface area contributed by atoms with E-state index in [0.29, 0.717) is 16.6 Å². The number of sulfone groups is 1. The van der Waals surface area contributed by atoms with Crippen molar-refractivity contribution < 1.29 is 8.42 Å². The molecule has 19 heavy (non-hydrogen) atoms. The van der Waals surface area contributed by atoms with Gasteiger partial charge in [0.05, 0.1) is 10.6 Å². The third-order valence-electron chi connectivity index (χ3n) is 3.92. The van der Waals surface area contributed by atoms with Crippen molar-refractivity contribution in [2.45, 2.75) is 35.4 Å². The number of benzene rings is 1. The minimum absolute atomic E-state index is 0.195. The second-order valence-corrected chi connectivity index (χ2v) is 8.73. The molecule has 5 heteroatoms. The predicted octanol–water partition coefficient (Wildman–Crippen LogP) is 2.39. The normalized spacial score (nSPS) is 29.1. The molecular formula is C14H19NO2S2. The highest BCUT2D eigenvalue weighted by atomic mass is 32.2. The maximum absolute atomic E-state index is 12.0. The van der Waals surface area contributed by atoms with Gasteiger partial charge in [0.2, 0.25) is 0 Å². The summed E-state index contributed by atoms with van der Waals surface area (Å²) < 4.78 is 24.1. The van der Waals surface area contributed by atoms with Crippen LogP contribution in [0.4, 0.5) is 0 Å². The molecule has 2 unspecified atom stereocenters. The van der Waals surface area contributed by atoms with E-state index in [4.69, 9.17) is 0 Å². The zero-order valence-corrected chi connectivity index (χ0v) is 12.5. The van der Waals surface area contributed by atoms with Crippen molar-refractivity contribution in [3.8, 4) is 0 Å². The van der Waals surface area contributed by atoms with Crippen LogP contribution in [-0.4, -0.2) is 31.7 Å². The molecule has 0 aliphatic carbocycles. The van der Waals surface area contributed by atoms with Crippen LogP contribution in [0.1, 0.15) is 30.9 Å². The van der Waals surface area contributed by atoms with Crippen LogP contribution in [0.15, 0.2) is 29.2 Å². The van der Waals surface area contributed by atoms with Gasteiger partial charge in [0, 0.05) is 17.8 Å². The summed E-state index contributed by atoms with van der Waals surface area (Å²) >= 11 is 2.03. The lowest BCUT2D eigenvalue weighted by molar-refractivity contribution is 0.488. The molecule has 1 aromatic rings. The Morgan fingerprint density at radius 2 is 2.11 bits per heavy atom. The highest BCUT2D eigenvalue weighted by molar-refractivity contribution is 8.00. The van der Waals surface area contributed by atoms with Gasteiger partial charge in [-0.15, -0.1) is 0 Å².